The summed E-state index contributed by atoms with van der Waals surface area (Å²) in [5, 5.41) is 7.03. The van der Waals surface area contributed by atoms with Gasteiger partial charge in [-0.3, -0.25) is 4.79 Å². The number of benzene rings is 4. The van der Waals surface area contributed by atoms with Crippen LogP contribution in [-0.4, -0.2) is 23.0 Å². The molecule has 0 fully saturated rings. The van der Waals surface area contributed by atoms with Crippen LogP contribution in [0, 0.1) is 0 Å². The van der Waals surface area contributed by atoms with Crippen LogP contribution in [0.3, 0.4) is 0 Å². The zero-order chi connectivity index (χ0) is 30.2. The second-order valence-corrected chi connectivity index (χ2v) is 12.2. The molecule has 7 nitrogen and oxygen atoms in total. The quantitative estimate of drug-likeness (QED) is 0.151. The van der Waals surface area contributed by atoms with Gasteiger partial charge in [0.1, 0.15) is 17.2 Å². The Balaban J connectivity index is 1.42. The highest BCUT2D eigenvalue weighted by atomic mass is 79.9. The van der Waals surface area contributed by atoms with Gasteiger partial charge in [0, 0.05) is 35.5 Å². The number of methoxy groups -OCH3 is 1. The molecule has 0 amide bonds. The van der Waals surface area contributed by atoms with Crippen LogP contribution in [0.2, 0.25) is 15.1 Å². The van der Waals surface area contributed by atoms with E-state index in [2.05, 4.69) is 37.0 Å². The predicted molar refractivity (Wildman–Crippen MR) is 178 cm³/mol. The van der Waals surface area contributed by atoms with Crippen molar-refractivity contribution < 1.29 is 13.9 Å². The Bertz CT molecular complexity index is 2130. The average molecular weight is 763 g/mol. The number of ether oxygens (including phenoxy) is 2. The molecule has 2 aromatic heterocycles. The maximum Gasteiger partial charge on any atom is 0.282 e. The van der Waals surface area contributed by atoms with E-state index in [0.717, 1.165) is 15.4 Å². The van der Waals surface area contributed by atoms with Gasteiger partial charge in [0.05, 0.1) is 24.2 Å². The number of rotatable bonds is 7. The normalized spacial score (nSPS) is 11.6. The first-order valence-corrected chi connectivity index (χ1v) is 15.3. The summed E-state index contributed by atoms with van der Waals surface area (Å²) in [4.78, 5) is 18.4. The van der Waals surface area contributed by atoms with Crippen molar-refractivity contribution in [1.29, 1.82) is 0 Å². The molecule has 0 atom stereocenters. The highest BCUT2D eigenvalue weighted by molar-refractivity contribution is 9.10. The monoisotopic (exact) mass is 759 g/mol. The molecule has 0 aliphatic rings. The van der Waals surface area contributed by atoms with Crippen LogP contribution < -0.4 is 15.0 Å². The highest BCUT2D eigenvalue weighted by Crippen LogP contribution is 2.43. The van der Waals surface area contributed by atoms with E-state index in [1.54, 1.807) is 42.5 Å². The van der Waals surface area contributed by atoms with E-state index in [9.17, 15) is 4.79 Å². The lowest BCUT2D eigenvalue weighted by atomic mass is 10.2. The van der Waals surface area contributed by atoms with Crippen molar-refractivity contribution in [1.82, 2.24) is 9.66 Å². The summed E-state index contributed by atoms with van der Waals surface area (Å²) >= 11 is 26.1. The Labute approximate surface area is 276 Å². The van der Waals surface area contributed by atoms with E-state index in [4.69, 9.17) is 53.7 Å². The smallest absolute Gasteiger partial charge is 0.282 e. The van der Waals surface area contributed by atoms with Crippen molar-refractivity contribution in [2.75, 3.05) is 7.11 Å². The summed E-state index contributed by atoms with van der Waals surface area (Å²) in [6.07, 6.45) is 1.49. The molecule has 0 N–H and O–H groups in total. The molecule has 0 bridgehead atoms. The first kappa shape index (κ1) is 29.7. The Kier molecular flexibility index (Phi) is 8.53. The van der Waals surface area contributed by atoms with Gasteiger partial charge in [-0.1, -0.05) is 68.9 Å². The van der Waals surface area contributed by atoms with Gasteiger partial charge in [-0.15, -0.1) is 0 Å². The lowest BCUT2D eigenvalue weighted by Crippen LogP contribution is -2.20. The average Bonchev–Trinajstić information content (AvgIpc) is 3.42. The fraction of sp³-hybridized carbons (Fsp3) is 0.0645. The summed E-state index contributed by atoms with van der Waals surface area (Å²) in [7, 11) is 1.50. The molecular formula is C31H18Br2Cl3N3O4. The molecule has 0 aliphatic heterocycles. The van der Waals surface area contributed by atoms with Gasteiger partial charge in [0.25, 0.3) is 5.56 Å². The SMILES string of the molecule is COc1cc(C=Nn2c(-c3cc4cc(Br)ccc4o3)nc3ccccc3c2=O)c(Br)c(Cl)c1OCc1ccc(Cl)cc1Cl. The minimum atomic E-state index is -0.368. The van der Waals surface area contributed by atoms with Crippen LogP contribution in [0.4, 0.5) is 0 Å². The van der Waals surface area contributed by atoms with Crippen LogP contribution >= 0.6 is 66.7 Å². The van der Waals surface area contributed by atoms with Crippen LogP contribution in [0.5, 0.6) is 11.5 Å². The number of hydrogen-bond donors (Lipinski definition) is 0. The van der Waals surface area contributed by atoms with Crippen LogP contribution in [-0.2, 0) is 6.61 Å². The van der Waals surface area contributed by atoms with Crippen molar-refractivity contribution in [3.8, 4) is 23.1 Å². The molecule has 6 aromatic rings. The Morgan fingerprint density at radius 3 is 2.63 bits per heavy atom. The van der Waals surface area contributed by atoms with Gasteiger partial charge in [0.2, 0.25) is 5.82 Å². The van der Waals surface area contributed by atoms with E-state index < -0.39 is 0 Å². The minimum Gasteiger partial charge on any atom is -0.493 e. The molecule has 0 spiro atoms. The second kappa shape index (κ2) is 12.3. The summed E-state index contributed by atoms with van der Waals surface area (Å²) in [5.41, 5.74) is 2.04. The molecule has 0 saturated carbocycles. The number of furan rings is 1. The number of aromatic nitrogens is 2. The lowest BCUT2D eigenvalue weighted by molar-refractivity contribution is 0.284. The Hall–Kier alpha value is -3.34. The Morgan fingerprint density at radius 1 is 1.02 bits per heavy atom. The third-order valence-corrected chi connectivity index (χ3v) is 9.05. The fourth-order valence-corrected chi connectivity index (χ4v) is 5.90. The standard InChI is InChI=1S/C31H18Br2Cl3N3O4/c1-41-25-12-18(27(33)28(36)29(25)42-15-16-6-8-20(34)13-22(16)35)14-37-39-30(38-23-5-3-2-4-21(23)31(39)40)26-11-17-10-19(32)7-9-24(17)43-26/h2-14H,15H2,1H3. The largest absolute Gasteiger partial charge is 0.493 e. The number of fused-ring (bicyclic) bond motifs is 2. The van der Waals surface area contributed by atoms with E-state index in [1.807, 2.05) is 30.3 Å². The number of hydrogen-bond acceptors (Lipinski definition) is 6. The summed E-state index contributed by atoms with van der Waals surface area (Å²) < 4.78 is 20.2. The molecule has 216 valence electrons. The van der Waals surface area contributed by atoms with Crippen molar-refractivity contribution in [3.63, 3.8) is 0 Å². The van der Waals surface area contributed by atoms with Crippen LogP contribution in [0.15, 0.2) is 96.1 Å². The topological polar surface area (TPSA) is 78.9 Å². The van der Waals surface area contributed by atoms with E-state index >= 15 is 0 Å². The third kappa shape index (κ3) is 5.92. The molecule has 0 unspecified atom stereocenters. The summed E-state index contributed by atoms with van der Waals surface area (Å²) in [5.74, 6) is 1.28. The molecule has 4 aromatic carbocycles. The number of nitrogens with zero attached hydrogens (tertiary/aromatic N) is 3. The lowest BCUT2D eigenvalue weighted by Gasteiger charge is -2.16. The number of halogens is 5. The molecule has 0 radical (unpaired) electrons. The van der Waals surface area contributed by atoms with E-state index in [0.29, 0.717) is 53.8 Å². The van der Waals surface area contributed by atoms with Gasteiger partial charge < -0.3 is 13.9 Å². The predicted octanol–water partition coefficient (Wildman–Crippen LogP) is 9.76. The zero-order valence-electron chi connectivity index (χ0n) is 22.1. The summed E-state index contributed by atoms with van der Waals surface area (Å²) in [6.45, 7) is 0.127. The molecule has 6 rings (SSSR count). The first-order valence-electron chi connectivity index (χ1n) is 12.6. The van der Waals surface area contributed by atoms with Crippen LogP contribution in [0.1, 0.15) is 11.1 Å². The van der Waals surface area contributed by atoms with Crippen molar-refractivity contribution >= 4 is 94.7 Å². The van der Waals surface area contributed by atoms with E-state index in [-0.39, 0.29) is 23.0 Å². The molecular weight excluding hydrogens is 745 g/mol. The molecule has 43 heavy (non-hydrogen) atoms. The van der Waals surface area contributed by atoms with Gasteiger partial charge in [-0.05, 0) is 70.5 Å². The maximum atomic E-state index is 13.7. The van der Waals surface area contributed by atoms with Crippen molar-refractivity contribution in [2.45, 2.75) is 6.61 Å². The van der Waals surface area contributed by atoms with Crippen molar-refractivity contribution in [3.05, 3.63) is 118 Å². The van der Waals surface area contributed by atoms with Crippen LogP contribution in [0.25, 0.3) is 33.5 Å². The van der Waals surface area contributed by atoms with Crippen molar-refractivity contribution in [2.24, 2.45) is 5.10 Å². The maximum absolute atomic E-state index is 13.7. The van der Waals surface area contributed by atoms with E-state index in [1.165, 1.54) is 18.0 Å². The third-order valence-electron chi connectivity index (χ3n) is 6.53. The van der Waals surface area contributed by atoms with Gasteiger partial charge in [-0.2, -0.15) is 9.78 Å². The number of para-hydroxylation sites is 1. The minimum absolute atomic E-state index is 0.127. The fourth-order valence-electron chi connectivity index (χ4n) is 4.41. The second-order valence-electron chi connectivity index (χ2n) is 9.26. The summed E-state index contributed by atoms with van der Waals surface area (Å²) in [6, 6.07) is 21.3. The van der Waals surface area contributed by atoms with Gasteiger partial charge >= 0.3 is 0 Å². The molecule has 2 heterocycles. The molecule has 0 saturated heterocycles. The highest BCUT2D eigenvalue weighted by Gasteiger charge is 2.20. The zero-order valence-corrected chi connectivity index (χ0v) is 27.5. The first-order chi connectivity index (χ1) is 20.7. The molecule has 12 heteroatoms. The van der Waals surface area contributed by atoms with Gasteiger partial charge in [-0.25, -0.2) is 4.98 Å². The molecule has 0 aliphatic carbocycles. The van der Waals surface area contributed by atoms with Gasteiger partial charge in [0.15, 0.2) is 17.3 Å². The Morgan fingerprint density at radius 2 is 1.84 bits per heavy atom.